The molecule has 4 nitrogen and oxygen atoms in total. The maximum absolute atomic E-state index is 12.6. The van der Waals surface area contributed by atoms with Gasteiger partial charge < -0.3 is 5.32 Å². The Morgan fingerprint density at radius 2 is 2.10 bits per heavy atom. The molecule has 1 atom stereocenters. The summed E-state index contributed by atoms with van der Waals surface area (Å²) in [6.07, 6.45) is 4.80. The second-order valence-corrected chi connectivity index (χ2v) is 9.00. The molecule has 0 spiro atoms. The van der Waals surface area contributed by atoms with E-state index >= 15 is 0 Å². The second-order valence-electron chi connectivity index (χ2n) is 6.00. The molecule has 2 aliphatic carbocycles. The van der Waals surface area contributed by atoms with Gasteiger partial charge in [0.2, 0.25) is 10.0 Å². The van der Waals surface area contributed by atoms with Crippen molar-refractivity contribution in [2.24, 2.45) is 5.92 Å². The first-order chi connectivity index (χ1) is 9.48. The van der Waals surface area contributed by atoms with E-state index in [1.165, 1.54) is 24.2 Å². The number of nitrogens with zero attached hydrogens (tertiary/aromatic N) is 1. The van der Waals surface area contributed by atoms with E-state index in [0.29, 0.717) is 16.9 Å². The summed E-state index contributed by atoms with van der Waals surface area (Å²) in [6.45, 7) is 2.80. The zero-order valence-corrected chi connectivity index (χ0v) is 13.6. The van der Waals surface area contributed by atoms with Crippen LogP contribution in [0.1, 0.15) is 37.5 Å². The number of hydrogen-bond acceptors (Lipinski definition) is 4. The fraction of sp³-hybridized carbons (Fsp3) is 0.714. The van der Waals surface area contributed by atoms with Crippen molar-refractivity contribution >= 4 is 21.4 Å². The third kappa shape index (κ3) is 3.08. The van der Waals surface area contributed by atoms with E-state index in [9.17, 15) is 8.42 Å². The highest BCUT2D eigenvalue weighted by Crippen LogP contribution is 2.36. The van der Waals surface area contributed by atoms with E-state index in [-0.39, 0.29) is 6.04 Å². The molecule has 112 valence electrons. The van der Waals surface area contributed by atoms with Crippen molar-refractivity contribution in [3.8, 4) is 0 Å². The highest BCUT2D eigenvalue weighted by Gasteiger charge is 2.36. The van der Waals surface area contributed by atoms with Gasteiger partial charge in [-0.2, -0.15) is 4.31 Å². The predicted octanol–water partition coefficient (Wildman–Crippen LogP) is 2.42. The van der Waals surface area contributed by atoms with Crippen molar-refractivity contribution in [3.63, 3.8) is 0 Å². The molecule has 0 saturated heterocycles. The Bertz CT molecular complexity index is 574. The first kappa shape index (κ1) is 14.5. The van der Waals surface area contributed by atoms with Gasteiger partial charge in [-0.05, 0) is 44.6 Å². The summed E-state index contributed by atoms with van der Waals surface area (Å²) in [5.74, 6) is 0.546. The maximum atomic E-state index is 12.6. The summed E-state index contributed by atoms with van der Waals surface area (Å²) >= 11 is 1.53. The van der Waals surface area contributed by atoms with Crippen LogP contribution in [0, 0.1) is 5.92 Å². The smallest absolute Gasteiger partial charge is 0.243 e. The van der Waals surface area contributed by atoms with Crippen molar-refractivity contribution in [2.75, 3.05) is 7.05 Å². The van der Waals surface area contributed by atoms with Gasteiger partial charge in [-0.25, -0.2) is 8.42 Å². The highest BCUT2D eigenvalue weighted by atomic mass is 32.2. The van der Waals surface area contributed by atoms with Crippen LogP contribution in [0.2, 0.25) is 0 Å². The molecule has 20 heavy (non-hydrogen) atoms. The topological polar surface area (TPSA) is 49.4 Å². The number of rotatable bonds is 7. The van der Waals surface area contributed by atoms with E-state index < -0.39 is 10.0 Å². The Hall–Kier alpha value is -0.430. The molecule has 1 heterocycles. The molecule has 2 saturated carbocycles. The molecular weight excluding hydrogens is 292 g/mol. The lowest BCUT2D eigenvalue weighted by molar-refractivity contribution is 0.357. The Morgan fingerprint density at radius 1 is 1.40 bits per heavy atom. The van der Waals surface area contributed by atoms with Gasteiger partial charge in [-0.1, -0.05) is 0 Å². The molecule has 2 fully saturated rings. The fourth-order valence-electron chi connectivity index (χ4n) is 2.38. The number of thiophene rings is 1. The largest absolute Gasteiger partial charge is 0.309 e. The molecule has 0 aromatic carbocycles. The third-order valence-electron chi connectivity index (χ3n) is 4.33. The third-order valence-corrected chi connectivity index (χ3v) is 7.33. The standard InChI is InChI=1S/C14H22N2O2S2/c1-10(11-3-4-11)16(2)20(17,18)14-7-13(19-9-14)8-15-12-5-6-12/h7,9-12,15H,3-6,8H2,1-2H3. The lowest BCUT2D eigenvalue weighted by atomic mass is 10.2. The molecule has 0 aliphatic heterocycles. The summed E-state index contributed by atoms with van der Waals surface area (Å²) in [4.78, 5) is 1.55. The predicted molar refractivity (Wildman–Crippen MR) is 81.3 cm³/mol. The fourth-order valence-corrected chi connectivity index (χ4v) is 5.02. The average molecular weight is 314 g/mol. The SMILES string of the molecule is CC(C1CC1)N(C)S(=O)(=O)c1csc(CNC2CC2)c1. The Labute approximate surface area is 125 Å². The van der Waals surface area contributed by atoms with E-state index in [4.69, 9.17) is 0 Å². The van der Waals surface area contributed by atoms with Crippen molar-refractivity contribution in [3.05, 3.63) is 16.3 Å². The zero-order valence-electron chi connectivity index (χ0n) is 12.0. The molecule has 3 rings (SSSR count). The van der Waals surface area contributed by atoms with Crippen LogP contribution in [0.4, 0.5) is 0 Å². The molecule has 1 aromatic heterocycles. The van der Waals surface area contributed by atoms with Crippen molar-refractivity contribution in [1.29, 1.82) is 0 Å². The van der Waals surface area contributed by atoms with Crippen molar-refractivity contribution in [2.45, 2.75) is 56.1 Å². The van der Waals surface area contributed by atoms with Crippen LogP contribution in [-0.2, 0) is 16.6 Å². The summed E-state index contributed by atoms with van der Waals surface area (Å²) in [5, 5.41) is 5.19. The van der Waals surface area contributed by atoms with Crippen LogP contribution in [0.5, 0.6) is 0 Å². The van der Waals surface area contributed by atoms with Crippen molar-refractivity contribution in [1.82, 2.24) is 9.62 Å². The molecule has 6 heteroatoms. The average Bonchev–Trinajstić information content (AvgIpc) is 3.34. The van der Waals surface area contributed by atoms with Crippen molar-refractivity contribution < 1.29 is 8.42 Å². The quantitative estimate of drug-likeness (QED) is 0.841. The lowest BCUT2D eigenvalue weighted by Gasteiger charge is -2.23. The zero-order chi connectivity index (χ0) is 14.3. The Morgan fingerprint density at radius 3 is 2.70 bits per heavy atom. The summed E-state index contributed by atoms with van der Waals surface area (Å²) in [6, 6.07) is 2.58. The molecule has 1 aromatic rings. The molecule has 0 amide bonds. The minimum absolute atomic E-state index is 0.105. The van der Waals surface area contributed by atoms with E-state index in [1.807, 2.05) is 13.0 Å². The number of hydrogen-bond donors (Lipinski definition) is 1. The van der Waals surface area contributed by atoms with Gasteiger partial charge in [0, 0.05) is 35.9 Å². The number of nitrogens with one attached hydrogen (secondary N) is 1. The van der Waals surface area contributed by atoms with Crippen LogP contribution >= 0.6 is 11.3 Å². The molecule has 0 bridgehead atoms. The van der Waals surface area contributed by atoms with Crippen LogP contribution in [0.15, 0.2) is 16.3 Å². The van der Waals surface area contributed by atoms with Gasteiger partial charge in [0.1, 0.15) is 0 Å². The minimum Gasteiger partial charge on any atom is -0.309 e. The van der Waals surface area contributed by atoms with Crippen LogP contribution in [0.25, 0.3) is 0 Å². The molecular formula is C14H22N2O2S2. The summed E-state index contributed by atoms with van der Waals surface area (Å²) < 4.78 is 26.7. The Balaban J connectivity index is 1.69. The van der Waals surface area contributed by atoms with E-state index in [1.54, 1.807) is 16.7 Å². The molecule has 1 unspecified atom stereocenters. The van der Waals surface area contributed by atoms with Gasteiger partial charge in [0.05, 0.1) is 4.90 Å². The molecule has 1 N–H and O–H groups in total. The first-order valence-electron chi connectivity index (χ1n) is 7.27. The van der Waals surface area contributed by atoms with Gasteiger partial charge in [-0.15, -0.1) is 11.3 Å². The normalized spacial score (nSPS) is 21.4. The summed E-state index contributed by atoms with van der Waals surface area (Å²) in [7, 11) is -1.62. The van der Waals surface area contributed by atoms with Gasteiger partial charge in [-0.3, -0.25) is 0 Å². The van der Waals surface area contributed by atoms with Gasteiger partial charge in [0.15, 0.2) is 0 Å². The molecule has 2 aliphatic rings. The van der Waals surface area contributed by atoms with E-state index in [0.717, 1.165) is 24.3 Å². The van der Waals surface area contributed by atoms with Gasteiger partial charge >= 0.3 is 0 Å². The maximum Gasteiger partial charge on any atom is 0.243 e. The monoisotopic (exact) mass is 314 g/mol. The highest BCUT2D eigenvalue weighted by molar-refractivity contribution is 7.89. The number of sulfonamides is 1. The van der Waals surface area contributed by atoms with Crippen LogP contribution in [-0.4, -0.2) is 31.9 Å². The Kier molecular flexibility index (Phi) is 3.92. The molecule has 0 radical (unpaired) electrons. The van der Waals surface area contributed by atoms with E-state index in [2.05, 4.69) is 5.32 Å². The minimum atomic E-state index is -3.33. The first-order valence-corrected chi connectivity index (χ1v) is 9.59. The van der Waals surface area contributed by atoms with Gasteiger partial charge in [0.25, 0.3) is 0 Å². The van der Waals surface area contributed by atoms with Crippen LogP contribution in [0.3, 0.4) is 0 Å². The lowest BCUT2D eigenvalue weighted by Crippen LogP contribution is -2.36. The van der Waals surface area contributed by atoms with Crippen LogP contribution < -0.4 is 5.32 Å². The summed E-state index contributed by atoms with van der Waals surface area (Å²) in [5.41, 5.74) is 0. The second kappa shape index (κ2) is 5.40.